The number of para-hydroxylation sites is 1. The molecule has 0 aromatic heterocycles. The topological polar surface area (TPSA) is 15.3 Å². The second-order valence-corrected chi connectivity index (χ2v) is 5.97. The van der Waals surface area contributed by atoms with Crippen LogP contribution in [0.15, 0.2) is 24.3 Å². The van der Waals surface area contributed by atoms with Gasteiger partial charge in [0.05, 0.1) is 5.56 Å². The van der Waals surface area contributed by atoms with E-state index in [9.17, 15) is 13.2 Å². The Bertz CT molecular complexity index is 468. The molecule has 1 aromatic carbocycles. The molecule has 2 rings (SSSR count). The number of halogens is 3. The van der Waals surface area contributed by atoms with Crippen molar-refractivity contribution in [1.29, 1.82) is 0 Å². The Morgan fingerprint density at radius 1 is 1.30 bits per heavy atom. The fourth-order valence-corrected chi connectivity index (χ4v) is 2.73. The second-order valence-electron chi connectivity index (χ2n) is 5.97. The van der Waals surface area contributed by atoms with Gasteiger partial charge >= 0.3 is 6.18 Å². The molecule has 1 unspecified atom stereocenters. The molecule has 0 amide bonds. The quantitative estimate of drug-likeness (QED) is 0.892. The minimum Gasteiger partial charge on any atom is -0.365 e. The minimum absolute atomic E-state index is 0.0894. The summed E-state index contributed by atoms with van der Waals surface area (Å²) in [5, 5.41) is 3.39. The molecule has 2 nitrogen and oxygen atoms in total. The van der Waals surface area contributed by atoms with Crippen LogP contribution in [0.3, 0.4) is 0 Å². The van der Waals surface area contributed by atoms with Gasteiger partial charge in [0.2, 0.25) is 0 Å². The predicted octanol–water partition coefficient (Wildman–Crippen LogP) is 3.67. The second kappa shape index (κ2) is 5.28. The fourth-order valence-electron chi connectivity index (χ4n) is 2.73. The third kappa shape index (κ3) is 3.08. The molecule has 1 heterocycles. The Morgan fingerprint density at radius 2 is 1.95 bits per heavy atom. The van der Waals surface area contributed by atoms with Crippen LogP contribution in [0.1, 0.15) is 32.8 Å². The summed E-state index contributed by atoms with van der Waals surface area (Å²) in [6, 6.07) is 5.95. The Balaban J connectivity index is 2.42. The first kappa shape index (κ1) is 15.2. The van der Waals surface area contributed by atoms with Crippen LogP contribution in [-0.2, 0) is 6.18 Å². The molecule has 1 aliphatic rings. The van der Waals surface area contributed by atoms with Crippen molar-refractivity contribution in [3.05, 3.63) is 29.8 Å². The summed E-state index contributed by atoms with van der Waals surface area (Å²) in [6.07, 6.45) is -3.50. The Labute approximate surface area is 118 Å². The van der Waals surface area contributed by atoms with Gasteiger partial charge < -0.3 is 10.2 Å². The third-order valence-electron chi connectivity index (χ3n) is 3.81. The molecule has 0 aliphatic carbocycles. The van der Waals surface area contributed by atoms with Gasteiger partial charge in [-0.1, -0.05) is 19.1 Å². The Kier molecular flexibility index (Phi) is 4.00. The first-order valence-electron chi connectivity index (χ1n) is 6.92. The molecule has 1 N–H and O–H groups in total. The van der Waals surface area contributed by atoms with Crippen LogP contribution >= 0.6 is 0 Å². The number of benzene rings is 1. The van der Waals surface area contributed by atoms with E-state index in [1.54, 1.807) is 12.1 Å². The van der Waals surface area contributed by atoms with E-state index in [0.717, 1.165) is 12.5 Å². The molecule has 20 heavy (non-hydrogen) atoms. The van der Waals surface area contributed by atoms with E-state index in [0.29, 0.717) is 18.8 Å². The lowest BCUT2D eigenvalue weighted by atomic mass is 9.96. The highest BCUT2D eigenvalue weighted by Crippen LogP contribution is 2.38. The fraction of sp³-hybridized carbons (Fsp3) is 0.600. The normalized spacial score (nSPS) is 22.9. The van der Waals surface area contributed by atoms with Crippen molar-refractivity contribution in [1.82, 2.24) is 5.32 Å². The summed E-state index contributed by atoms with van der Waals surface area (Å²) in [7, 11) is 0. The SMILES string of the molecule is CCC1CNC(C)(C)CN1c1ccccc1C(F)(F)F. The van der Waals surface area contributed by atoms with Crippen LogP contribution < -0.4 is 10.2 Å². The van der Waals surface area contributed by atoms with Crippen molar-refractivity contribution in [2.45, 2.75) is 44.9 Å². The van der Waals surface area contributed by atoms with Crippen LogP contribution in [-0.4, -0.2) is 24.7 Å². The average molecular weight is 286 g/mol. The molecule has 1 saturated heterocycles. The van der Waals surface area contributed by atoms with Crippen molar-refractivity contribution in [3.8, 4) is 0 Å². The maximum atomic E-state index is 13.2. The van der Waals surface area contributed by atoms with Gasteiger partial charge in [-0.05, 0) is 32.4 Å². The van der Waals surface area contributed by atoms with Gasteiger partial charge in [-0.15, -0.1) is 0 Å². The number of alkyl halides is 3. The van der Waals surface area contributed by atoms with Crippen LogP contribution in [0.4, 0.5) is 18.9 Å². The summed E-state index contributed by atoms with van der Waals surface area (Å²) in [5.74, 6) is 0. The summed E-state index contributed by atoms with van der Waals surface area (Å²) in [4.78, 5) is 1.90. The van der Waals surface area contributed by atoms with Gasteiger partial charge in [-0.2, -0.15) is 13.2 Å². The van der Waals surface area contributed by atoms with Gasteiger partial charge in [0.1, 0.15) is 0 Å². The average Bonchev–Trinajstić information content (AvgIpc) is 2.37. The predicted molar refractivity (Wildman–Crippen MR) is 75.0 cm³/mol. The van der Waals surface area contributed by atoms with Crippen molar-refractivity contribution in [2.24, 2.45) is 0 Å². The van der Waals surface area contributed by atoms with Crippen molar-refractivity contribution in [2.75, 3.05) is 18.0 Å². The summed E-state index contributed by atoms with van der Waals surface area (Å²) in [5.41, 5.74) is -0.442. The summed E-state index contributed by atoms with van der Waals surface area (Å²) >= 11 is 0. The zero-order valence-corrected chi connectivity index (χ0v) is 12.1. The van der Waals surface area contributed by atoms with Crippen LogP contribution in [0, 0.1) is 0 Å². The molecular formula is C15H21F3N2. The van der Waals surface area contributed by atoms with Gasteiger partial charge in [-0.3, -0.25) is 0 Å². The molecule has 0 saturated carbocycles. The highest BCUT2D eigenvalue weighted by molar-refractivity contribution is 5.56. The largest absolute Gasteiger partial charge is 0.418 e. The van der Waals surface area contributed by atoms with Crippen LogP contribution in [0.5, 0.6) is 0 Å². The van der Waals surface area contributed by atoms with Crippen LogP contribution in [0.2, 0.25) is 0 Å². The number of piperazine rings is 1. The first-order valence-corrected chi connectivity index (χ1v) is 6.92. The van der Waals surface area contributed by atoms with E-state index in [2.05, 4.69) is 5.32 Å². The number of nitrogens with zero attached hydrogens (tertiary/aromatic N) is 1. The lowest BCUT2D eigenvalue weighted by Gasteiger charge is -2.46. The number of hydrogen-bond acceptors (Lipinski definition) is 2. The molecule has 0 spiro atoms. The van der Waals surface area contributed by atoms with Gasteiger partial charge in [0.15, 0.2) is 0 Å². The molecule has 1 atom stereocenters. The zero-order valence-electron chi connectivity index (χ0n) is 12.1. The van der Waals surface area contributed by atoms with E-state index in [1.165, 1.54) is 6.07 Å². The highest BCUT2D eigenvalue weighted by atomic mass is 19.4. The van der Waals surface area contributed by atoms with E-state index in [1.807, 2.05) is 25.7 Å². The first-order chi connectivity index (χ1) is 9.24. The van der Waals surface area contributed by atoms with Crippen LogP contribution in [0.25, 0.3) is 0 Å². The standard InChI is InChI=1S/C15H21F3N2/c1-4-11-9-19-14(2,3)10-20(11)13-8-6-5-7-12(13)15(16,17)18/h5-8,11,19H,4,9-10H2,1-3H3. The Hall–Kier alpha value is -1.23. The highest BCUT2D eigenvalue weighted by Gasteiger charge is 2.38. The number of hydrogen-bond donors (Lipinski definition) is 1. The van der Waals surface area contributed by atoms with E-state index in [4.69, 9.17) is 0 Å². The summed E-state index contributed by atoms with van der Waals surface area (Å²) < 4.78 is 39.6. The lowest BCUT2D eigenvalue weighted by molar-refractivity contribution is -0.137. The molecule has 112 valence electrons. The molecule has 1 fully saturated rings. The third-order valence-corrected chi connectivity index (χ3v) is 3.81. The van der Waals surface area contributed by atoms with Gasteiger partial charge in [-0.25, -0.2) is 0 Å². The molecule has 1 aromatic rings. The van der Waals surface area contributed by atoms with E-state index in [-0.39, 0.29) is 11.6 Å². The van der Waals surface area contributed by atoms with Crippen molar-refractivity contribution < 1.29 is 13.2 Å². The minimum atomic E-state index is -4.32. The number of nitrogens with one attached hydrogen (secondary N) is 1. The molecule has 5 heteroatoms. The van der Waals surface area contributed by atoms with Crippen molar-refractivity contribution >= 4 is 5.69 Å². The zero-order chi connectivity index (χ0) is 15.0. The van der Waals surface area contributed by atoms with Gasteiger partial charge in [0.25, 0.3) is 0 Å². The maximum Gasteiger partial charge on any atom is 0.418 e. The van der Waals surface area contributed by atoms with Crippen molar-refractivity contribution in [3.63, 3.8) is 0 Å². The maximum absolute atomic E-state index is 13.2. The molecule has 0 bridgehead atoms. The Morgan fingerprint density at radius 3 is 2.55 bits per heavy atom. The summed E-state index contributed by atoms with van der Waals surface area (Å²) in [6.45, 7) is 7.31. The molecule has 1 aliphatic heterocycles. The smallest absolute Gasteiger partial charge is 0.365 e. The number of rotatable bonds is 2. The molecular weight excluding hydrogens is 265 g/mol. The lowest BCUT2D eigenvalue weighted by Crippen LogP contribution is -2.61. The van der Waals surface area contributed by atoms with Gasteiger partial charge in [0, 0.05) is 30.4 Å². The molecule has 0 radical (unpaired) electrons. The monoisotopic (exact) mass is 286 g/mol. The number of anilines is 1. The van der Waals surface area contributed by atoms with E-state index < -0.39 is 11.7 Å². The van der Waals surface area contributed by atoms with E-state index >= 15 is 0 Å².